The molecule has 7 nitrogen and oxygen atoms in total. The summed E-state index contributed by atoms with van der Waals surface area (Å²) in [6, 6.07) is 4.74. The lowest BCUT2D eigenvalue weighted by Gasteiger charge is -2.10. The third-order valence-corrected chi connectivity index (χ3v) is 3.92. The zero-order valence-electron chi connectivity index (χ0n) is 14.3. The molecule has 0 aliphatic carbocycles. The number of rotatable bonds is 5. The number of aromatic nitrogens is 4. The summed E-state index contributed by atoms with van der Waals surface area (Å²) in [5.74, 6) is -0.690. The molecule has 0 aliphatic heterocycles. The topological polar surface area (TPSA) is 92.8 Å². The van der Waals surface area contributed by atoms with Gasteiger partial charge in [0, 0.05) is 29.7 Å². The number of nitrogens with one attached hydrogen (secondary N) is 2. The molecule has 3 aromatic heterocycles. The molecule has 0 unspecified atom stereocenters. The van der Waals surface area contributed by atoms with Gasteiger partial charge in [0.2, 0.25) is 5.88 Å². The number of ether oxygens (including phenoxy) is 1. The summed E-state index contributed by atoms with van der Waals surface area (Å²) in [6.07, 6.45) is -0.197. The first-order valence-electron chi connectivity index (χ1n) is 7.86. The van der Waals surface area contributed by atoms with Crippen molar-refractivity contribution >= 4 is 23.3 Å². The fraction of sp³-hybridized carbons (Fsp3) is 0.176. The Kier molecular flexibility index (Phi) is 5.50. The number of amides is 1. The van der Waals surface area contributed by atoms with Crippen LogP contribution in [0, 0.1) is 6.92 Å². The summed E-state index contributed by atoms with van der Waals surface area (Å²) in [4.78, 5) is 20.0. The highest BCUT2D eigenvalue weighted by molar-refractivity contribution is 6.32. The van der Waals surface area contributed by atoms with Crippen molar-refractivity contribution in [2.45, 2.75) is 13.1 Å². The summed E-state index contributed by atoms with van der Waals surface area (Å²) in [5, 5.41) is 9.30. The van der Waals surface area contributed by atoms with Crippen LogP contribution in [-0.4, -0.2) is 38.9 Å². The van der Waals surface area contributed by atoms with Gasteiger partial charge >= 0.3 is 6.18 Å². The number of anilines is 1. The number of halogens is 4. The number of hydrogen-bond acceptors (Lipinski definition) is 5. The molecule has 0 aliphatic rings. The molecule has 3 aromatic rings. The Morgan fingerprint density at radius 1 is 1.32 bits per heavy atom. The van der Waals surface area contributed by atoms with E-state index in [1.807, 2.05) is 0 Å². The Balaban J connectivity index is 1.73. The first-order chi connectivity index (χ1) is 13.2. The molecule has 3 rings (SSSR count). The van der Waals surface area contributed by atoms with Crippen LogP contribution in [0.25, 0.3) is 11.3 Å². The van der Waals surface area contributed by atoms with Gasteiger partial charge in [0.25, 0.3) is 5.91 Å². The molecule has 3 heterocycles. The van der Waals surface area contributed by atoms with Gasteiger partial charge in [0.05, 0.1) is 11.3 Å². The number of H-pyrrole nitrogens is 1. The van der Waals surface area contributed by atoms with Crippen LogP contribution in [0.5, 0.6) is 5.88 Å². The maximum atomic E-state index is 12.4. The molecule has 0 spiro atoms. The van der Waals surface area contributed by atoms with Crippen molar-refractivity contribution in [3.63, 3.8) is 0 Å². The maximum Gasteiger partial charge on any atom is 0.422 e. The van der Waals surface area contributed by atoms with Crippen molar-refractivity contribution in [2.24, 2.45) is 0 Å². The Bertz CT molecular complexity index is 992. The predicted octanol–water partition coefficient (Wildman–Crippen LogP) is 4.02. The first kappa shape index (κ1) is 19.6. The average Bonchev–Trinajstić information content (AvgIpc) is 3.01. The summed E-state index contributed by atoms with van der Waals surface area (Å²) in [5.41, 5.74) is 2.29. The van der Waals surface area contributed by atoms with E-state index in [4.69, 9.17) is 11.6 Å². The second kappa shape index (κ2) is 7.85. The summed E-state index contributed by atoms with van der Waals surface area (Å²) < 4.78 is 41.1. The van der Waals surface area contributed by atoms with E-state index in [-0.39, 0.29) is 10.6 Å². The van der Waals surface area contributed by atoms with Crippen molar-refractivity contribution in [3.05, 3.63) is 52.9 Å². The van der Waals surface area contributed by atoms with Gasteiger partial charge in [-0.15, -0.1) is 0 Å². The number of nitrogens with zero attached hydrogens (tertiary/aromatic N) is 3. The molecule has 146 valence electrons. The molecule has 0 fully saturated rings. The second-order valence-corrected chi connectivity index (χ2v) is 6.08. The molecule has 0 atom stereocenters. The van der Waals surface area contributed by atoms with Crippen molar-refractivity contribution in [1.82, 2.24) is 20.2 Å². The SMILES string of the molecule is Cc1c(NC(=O)c2cnc(OCC(F)(F)F)c(Cl)c2)n[nH]c1-c1ccncc1. The van der Waals surface area contributed by atoms with Crippen LogP contribution < -0.4 is 10.1 Å². The molecule has 0 radical (unpaired) electrons. The van der Waals surface area contributed by atoms with Gasteiger partial charge < -0.3 is 10.1 Å². The molecule has 0 aromatic carbocycles. The number of carbonyl (C=O) groups excluding carboxylic acids is 1. The molecular formula is C17H13ClF3N5O2. The number of hydrogen-bond donors (Lipinski definition) is 2. The molecule has 0 saturated carbocycles. The number of carbonyl (C=O) groups is 1. The van der Waals surface area contributed by atoms with E-state index in [1.54, 1.807) is 31.5 Å². The zero-order valence-corrected chi connectivity index (χ0v) is 15.1. The van der Waals surface area contributed by atoms with Gasteiger partial charge in [0.15, 0.2) is 12.4 Å². The van der Waals surface area contributed by atoms with Crippen LogP contribution in [-0.2, 0) is 0 Å². The molecule has 28 heavy (non-hydrogen) atoms. The minimum Gasteiger partial charge on any atom is -0.467 e. The van der Waals surface area contributed by atoms with Crippen molar-refractivity contribution in [3.8, 4) is 17.1 Å². The van der Waals surface area contributed by atoms with Crippen LogP contribution in [0.1, 0.15) is 15.9 Å². The summed E-state index contributed by atoms with van der Waals surface area (Å²) in [7, 11) is 0. The van der Waals surface area contributed by atoms with Gasteiger partial charge in [-0.25, -0.2) is 4.98 Å². The second-order valence-electron chi connectivity index (χ2n) is 5.68. The summed E-state index contributed by atoms with van der Waals surface area (Å²) in [6.45, 7) is 0.240. The first-order valence-corrected chi connectivity index (χ1v) is 8.24. The third kappa shape index (κ3) is 4.58. The lowest BCUT2D eigenvalue weighted by Crippen LogP contribution is -2.20. The fourth-order valence-corrected chi connectivity index (χ4v) is 2.53. The van der Waals surface area contributed by atoms with E-state index >= 15 is 0 Å². The van der Waals surface area contributed by atoms with E-state index in [0.717, 1.165) is 11.8 Å². The van der Waals surface area contributed by atoms with Crippen molar-refractivity contribution in [1.29, 1.82) is 0 Å². The van der Waals surface area contributed by atoms with Gasteiger partial charge in [-0.05, 0) is 25.1 Å². The summed E-state index contributed by atoms with van der Waals surface area (Å²) >= 11 is 5.86. The predicted molar refractivity (Wildman–Crippen MR) is 95.3 cm³/mol. The number of alkyl halides is 3. The monoisotopic (exact) mass is 411 g/mol. The lowest BCUT2D eigenvalue weighted by atomic mass is 10.1. The van der Waals surface area contributed by atoms with E-state index < -0.39 is 24.6 Å². The Morgan fingerprint density at radius 2 is 2.04 bits per heavy atom. The quantitative estimate of drug-likeness (QED) is 0.661. The molecule has 1 amide bonds. The van der Waals surface area contributed by atoms with Crippen molar-refractivity contribution < 1.29 is 22.7 Å². The normalized spacial score (nSPS) is 11.3. The Morgan fingerprint density at radius 3 is 2.68 bits per heavy atom. The highest BCUT2D eigenvalue weighted by Crippen LogP contribution is 2.27. The van der Waals surface area contributed by atoms with Crippen LogP contribution in [0.4, 0.5) is 19.0 Å². The average molecular weight is 412 g/mol. The van der Waals surface area contributed by atoms with Gasteiger partial charge in [-0.2, -0.15) is 18.3 Å². The van der Waals surface area contributed by atoms with Crippen LogP contribution in [0.2, 0.25) is 5.02 Å². The van der Waals surface area contributed by atoms with Crippen LogP contribution >= 0.6 is 11.6 Å². The molecule has 0 bridgehead atoms. The van der Waals surface area contributed by atoms with E-state index in [0.29, 0.717) is 17.1 Å². The molecule has 2 N–H and O–H groups in total. The van der Waals surface area contributed by atoms with Gasteiger partial charge in [-0.3, -0.25) is 14.9 Å². The van der Waals surface area contributed by atoms with Crippen LogP contribution in [0.3, 0.4) is 0 Å². The van der Waals surface area contributed by atoms with Gasteiger partial charge in [-0.1, -0.05) is 11.6 Å². The third-order valence-electron chi connectivity index (χ3n) is 3.65. The smallest absolute Gasteiger partial charge is 0.422 e. The lowest BCUT2D eigenvalue weighted by molar-refractivity contribution is -0.154. The van der Waals surface area contributed by atoms with Crippen LogP contribution in [0.15, 0.2) is 36.8 Å². The molecule has 11 heteroatoms. The highest BCUT2D eigenvalue weighted by Gasteiger charge is 2.29. The molecule has 0 saturated heterocycles. The van der Waals surface area contributed by atoms with E-state index in [2.05, 4.69) is 30.2 Å². The standard InChI is InChI=1S/C17H13ClF3N5O2/c1-9-13(10-2-4-22-5-3-10)25-26-14(9)24-15(27)11-6-12(18)16(23-7-11)28-8-17(19,20)21/h2-7H,8H2,1H3,(H2,24,25,26,27). The zero-order chi connectivity index (χ0) is 20.3. The Labute approximate surface area is 161 Å². The number of aromatic amines is 1. The molecular weight excluding hydrogens is 399 g/mol. The largest absolute Gasteiger partial charge is 0.467 e. The van der Waals surface area contributed by atoms with Crippen molar-refractivity contribution in [2.75, 3.05) is 11.9 Å². The Hall–Kier alpha value is -3.14. The van der Waals surface area contributed by atoms with E-state index in [9.17, 15) is 18.0 Å². The van der Waals surface area contributed by atoms with Gasteiger partial charge in [0.1, 0.15) is 5.02 Å². The van der Waals surface area contributed by atoms with E-state index in [1.165, 1.54) is 6.07 Å². The minimum atomic E-state index is -4.52. The fourth-order valence-electron chi connectivity index (χ4n) is 2.30. The highest BCUT2D eigenvalue weighted by atomic mass is 35.5. The minimum absolute atomic E-state index is 0.0391. The number of pyridine rings is 2. The maximum absolute atomic E-state index is 12.4.